The number of aromatic nitrogens is 4. The molecule has 0 spiro atoms. The van der Waals surface area contributed by atoms with Crippen molar-refractivity contribution >= 4 is 29.0 Å². The van der Waals surface area contributed by atoms with E-state index in [4.69, 9.17) is 16.9 Å². The number of nitriles is 1. The largest absolute Gasteiger partial charge is 0.277 e. The summed E-state index contributed by atoms with van der Waals surface area (Å²) in [5, 5.41) is 18.6. The lowest BCUT2D eigenvalue weighted by atomic mass is 10.3. The van der Waals surface area contributed by atoms with Gasteiger partial charge in [-0.15, -0.1) is 10.2 Å². The molecule has 0 aromatic carbocycles. The molecule has 3 heterocycles. The SMILES string of the molecule is N#Cc1cc(Cl)nc(Sc2nnc3ccccn23)c1. The molecule has 3 aromatic heterocycles. The van der Waals surface area contributed by atoms with Crippen LogP contribution in [0.3, 0.4) is 0 Å². The van der Waals surface area contributed by atoms with Gasteiger partial charge in [-0.1, -0.05) is 17.7 Å². The standard InChI is InChI=1S/C12H6ClN5S/c13-9-5-8(7-14)6-11(15-9)19-12-17-16-10-3-1-2-4-18(10)12/h1-6H. The number of nitrogens with zero attached hydrogens (tertiary/aromatic N) is 5. The van der Waals surface area contributed by atoms with Gasteiger partial charge >= 0.3 is 0 Å². The quantitative estimate of drug-likeness (QED) is 0.678. The van der Waals surface area contributed by atoms with Crippen LogP contribution in [-0.2, 0) is 0 Å². The first-order chi connectivity index (χ1) is 9.26. The summed E-state index contributed by atoms with van der Waals surface area (Å²) in [6.07, 6.45) is 1.87. The van der Waals surface area contributed by atoms with E-state index in [1.165, 1.54) is 17.8 Å². The number of fused-ring (bicyclic) bond motifs is 1. The molecule has 0 atom stereocenters. The van der Waals surface area contributed by atoms with Crippen LogP contribution in [0.2, 0.25) is 5.15 Å². The average molecular weight is 288 g/mol. The van der Waals surface area contributed by atoms with Gasteiger partial charge in [0, 0.05) is 6.20 Å². The molecule has 0 amide bonds. The maximum Gasteiger partial charge on any atom is 0.201 e. The Morgan fingerprint density at radius 1 is 1.26 bits per heavy atom. The summed E-state index contributed by atoms with van der Waals surface area (Å²) in [6.45, 7) is 0. The van der Waals surface area contributed by atoms with Gasteiger partial charge in [0.05, 0.1) is 11.6 Å². The van der Waals surface area contributed by atoms with Crippen molar-refractivity contribution in [2.24, 2.45) is 0 Å². The second-order valence-electron chi connectivity index (χ2n) is 3.64. The van der Waals surface area contributed by atoms with Gasteiger partial charge in [0.15, 0.2) is 5.65 Å². The lowest BCUT2D eigenvalue weighted by molar-refractivity contribution is 0.917. The van der Waals surface area contributed by atoms with E-state index in [1.54, 1.807) is 6.07 Å². The van der Waals surface area contributed by atoms with Gasteiger partial charge in [-0.25, -0.2) is 4.98 Å². The molecule has 0 aliphatic rings. The van der Waals surface area contributed by atoms with Gasteiger partial charge in [-0.05, 0) is 36.0 Å². The predicted molar refractivity (Wildman–Crippen MR) is 71.1 cm³/mol. The summed E-state index contributed by atoms with van der Waals surface area (Å²) in [5.74, 6) is 0. The molecule has 0 bridgehead atoms. The Balaban J connectivity index is 2.02. The summed E-state index contributed by atoms with van der Waals surface area (Å²) < 4.78 is 1.85. The zero-order valence-electron chi connectivity index (χ0n) is 9.49. The van der Waals surface area contributed by atoms with Crippen LogP contribution < -0.4 is 0 Å². The Morgan fingerprint density at radius 2 is 2.16 bits per heavy atom. The van der Waals surface area contributed by atoms with E-state index in [1.807, 2.05) is 34.9 Å². The van der Waals surface area contributed by atoms with Crippen LogP contribution in [0.25, 0.3) is 5.65 Å². The number of hydrogen-bond acceptors (Lipinski definition) is 5. The molecule has 7 heteroatoms. The first kappa shape index (κ1) is 12.0. The molecule has 3 rings (SSSR count). The van der Waals surface area contributed by atoms with Crippen molar-refractivity contribution in [3.8, 4) is 6.07 Å². The van der Waals surface area contributed by atoms with Crippen molar-refractivity contribution in [2.45, 2.75) is 10.2 Å². The van der Waals surface area contributed by atoms with Crippen LogP contribution >= 0.6 is 23.4 Å². The zero-order chi connectivity index (χ0) is 13.2. The molecule has 5 nitrogen and oxygen atoms in total. The van der Waals surface area contributed by atoms with Crippen LogP contribution in [0.4, 0.5) is 0 Å². The Kier molecular flexibility index (Phi) is 3.07. The number of hydrogen-bond donors (Lipinski definition) is 0. The Labute approximate surface area is 117 Å². The van der Waals surface area contributed by atoms with Crippen LogP contribution in [-0.4, -0.2) is 19.6 Å². The third kappa shape index (κ3) is 2.38. The third-order valence-electron chi connectivity index (χ3n) is 2.38. The van der Waals surface area contributed by atoms with Crippen LogP contribution in [0.1, 0.15) is 5.56 Å². The summed E-state index contributed by atoms with van der Waals surface area (Å²) in [7, 11) is 0. The maximum absolute atomic E-state index is 8.91. The second-order valence-corrected chi connectivity index (χ2v) is 5.02. The summed E-state index contributed by atoms with van der Waals surface area (Å²) >= 11 is 7.18. The van der Waals surface area contributed by atoms with E-state index in [9.17, 15) is 0 Å². The Morgan fingerprint density at radius 3 is 3.00 bits per heavy atom. The highest BCUT2D eigenvalue weighted by Crippen LogP contribution is 2.26. The maximum atomic E-state index is 8.91. The van der Waals surface area contributed by atoms with E-state index in [-0.39, 0.29) is 5.15 Å². The molecule has 92 valence electrons. The highest BCUT2D eigenvalue weighted by molar-refractivity contribution is 7.99. The van der Waals surface area contributed by atoms with E-state index < -0.39 is 0 Å². The highest BCUT2D eigenvalue weighted by atomic mass is 35.5. The van der Waals surface area contributed by atoms with Crippen molar-refractivity contribution in [1.29, 1.82) is 5.26 Å². The molecule has 0 saturated heterocycles. The minimum absolute atomic E-state index is 0.287. The van der Waals surface area contributed by atoms with Crippen molar-refractivity contribution in [2.75, 3.05) is 0 Å². The molecule has 0 N–H and O–H groups in total. The fourth-order valence-electron chi connectivity index (χ4n) is 1.57. The van der Waals surface area contributed by atoms with Gasteiger partial charge in [0.1, 0.15) is 10.2 Å². The summed E-state index contributed by atoms with van der Waals surface area (Å²) in [5.41, 5.74) is 1.23. The minimum atomic E-state index is 0.287. The van der Waals surface area contributed by atoms with Gasteiger partial charge in [-0.2, -0.15) is 5.26 Å². The molecular formula is C12H6ClN5S. The van der Waals surface area contributed by atoms with Crippen LogP contribution in [0, 0.1) is 11.3 Å². The molecule has 0 aliphatic carbocycles. The molecule has 0 unspecified atom stereocenters. The Bertz CT molecular complexity index is 792. The smallest absolute Gasteiger partial charge is 0.201 e. The fourth-order valence-corrected chi connectivity index (χ4v) is 2.68. The van der Waals surface area contributed by atoms with Crippen LogP contribution in [0.5, 0.6) is 0 Å². The van der Waals surface area contributed by atoms with E-state index >= 15 is 0 Å². The van der Waals surface area contributed by atoms with E-state index in [0.717, 1.165) is 5.65 Å². The Hall–Kier alpha value is -2.10. The molecule has 19 heavy (non-hydrogen) atoms. The lowest BCUT2D eigenvalue weighted by Gasteiger charge is -2.00. The van der Waals surface area contributed by atoms with Crippen molar-refractivity contribution < 1.29 is 0 Å². The molecule has 0 saturated carbocycles. The van der Waals surface area contributed by atoms with Crippen LogP contribution in [0.15, 0.2) is 46.7 Å². The van der Waals surface area contributed by atoms with Gasteiger partial charge in [0.25, 0.3) is 0 Å². The van der Waals surface area contributed by atoms with Gasteiger partial charge < -0.3 is 0 Å². The van der Waals surface area contributed by atoms with E-state index in [0.29, 0.717) is 15.7 Å². The number of halogens is 1. The average Bonchev–Trinajstić information content (AvgIpc) is 2.82. The fraction of sp³-hybridized carbons (Fsp3) is 0. The number of pyridine rings is 2. The van der Waals surface area contributed by atoms with Crippen molar-refractivity contribution in [3.05, 3.63) is 47.2 Å². The molecule has 0 fully saturated rings. The molecule has 0 aliphatic heterocycles. The van der Waals surface area contributed by atoms with E-state index in [2.05, 4.69) is 15.2 Å². The molecule has 3 aromatic rings. The van der Waals surface area contributed by atoms with Gasteiger partial charge in [0.2, 0.25) is 5.16 Å². The zero-order valence-corrected chi connectivity index (χ0v) is 11.1. The summed E-state index contributed by atoms with van der Waals surface area (Å²) in [6, 6.07) is 10.9. The molecule has 0 radical (unpaired) electrons. The minimum Gasteiger partial charge on any atom is -0.277 e. The third-order valence-corrected chi connectivity index (χ3v) is 3.45. The highest BCUT2D eigenvalue weighted by Gasteiger charge is 2.09. The number of rotatable bonds is 2. The first-order valence-corrected chi connectivity index (χ1v) is 6.51. The molecular weight excluding hydrogens is 282 g/mol. The van der Waals surface area contributed by atoms with Crippen molar-refractivity contribution in [3.63, 3.8) is 0 Å². The monoisotopic (exact) mass is 287 g/mol. The normalized spacial score (nSPS) is 10.5. The predicted octanol–water partition coefficient (Wildman–Crippen LogP) is 2.80. The second kappa shape index (κ2) is 4.88. The summed E-state index contributed by atoms with van der Waals surface area (Å²) in [4.78, 5) is 4.16. The van der Waals surface area contributed by atoms with Crippen molar-refractivity contribution in [1.82, 2.24) is 19.6 Å². The topological polar surface area (TPSA) is 66.9 Å². The van der Waals surface area contributed by atoms with Gasteiger partial charge in [-0.3, -0.25) is 4.40 Å². The first-order valence-electron chi connectivity index (χ1n) is 5.31. The lowest BCUT2D eigenvalue weighted by Crippen LogP contribution is -1.89.